The van der Waals surface area contributed by atoms with Gasteiger partial charge in [-0.25, -0.2) is 4.18 Å². The SMILES string of the molecule is C#CC1Oc2ccc3ccccc3c2S(=O)(=O)O1. The number of hydrogen-bond donors (Lipinski definition) is 0. The van der Waals surface area contributed by atoms with Crippen LogP contribution in [0, 0.1) is 12.3 Å². The van der Waals surface area contributed by atoms with E-state index in [9.17, 15) is 8.42 Å². The summed E-state index contributed by atoms with van der Waals surface area (Å²) in [6.45, 7) is 0. The van der Waals surface area contributed by atoms with Gasteiger partial charge in [-0.1, -0.05) is 30.3 Å². The van der Waals surface area contributed by atoms with E-state index in [2.05, 4.69) is 5.92 Å². The average molecular weight is 260 g/mol. The minimum Gasteiger partial charge on any atom is -0.451 e. The van der Waals surface area contributed by atoms with E-state index >= 15 is 0 Å². The molecular formula is C13H8O4S. The van der Waals surface area contributed by atoms with Crippen LogP contribution in [-0.2, 0) is 14.3 Å². The molecule has 18 heavy (non-hydrogen) atoms. The first kappa shape index (κ1) is 11.1. The lowest BCUT2D eigenvalue weighted by atomic mass is 10.1. The van der Waals surface area contributed by atoms with Gasteiger partial charge >= 0.3 is 10.1 Å². The Morgan fingerprint density at radius 3 is 2.72 bits per heavy atom. The van der Waals surface area contributed by atoms with Gasteiger partial charge in [-0.3, -0.25) is 0 Å². The molecule has 0 saturated carbocycles. The van der Waals surface area contributed by atoms with Crippen molar-refractivity contribution in [2.75, 3.05) is 0 Å². The summed E-state index contributed by atoms with van der Waals surface area (Å²) in [4.78, 5) is 0.0344. The zero-order chi connectivity index (χ0) is 12.8. The van der Waals surface area contributed by atoms with Crippen molar-refractivity contribution >= 4 is 20.9 Å². The Labute approximate surface area is 104 Å². The highest BCUT2D eigenvalue weighted by Crippen LogP contribution is 2.37. The van der Waals surface area contributed by atoms with Crippen molar-refractivity contribution in [1.82, 2.24) is 0 Å². The van der Waals surface area contributed by atoms with Crippen molar-refractivity contribution in [3.63, 3.8) is 0 Å². The fourth-order valence-electron chi connectivity index (χ4n) is 1.93. The monoisotopic (exact) mass is 260 g/mol. The lowest BCUT2D eigenvalue weighted by Crippen LogP contribution is -2.28. The van der Waals surface area contributed by atoms with E-state index in [0.717, 1.165) is 5.39 Å². The van der Waals surface area contributed by atoms with Crippen LogP contribution < -0.4 is 4.74 Å². The molecule has 0 bridgehead atoms. The van der Waals surface area contributed by atoms with E-state index in [0.29, 0.717) is 5.39 Å². The van der Waals surface area contributed by atoms with Crippen molar-refractivity contribution < 1.29 is 17.3 Å². The molecule has 3 rings (SSSR count). The van der Waals surface area contributed by atoms with Crippen molar-refractivity contribution in [2.45, 2.75) is 11.2 Å². The minimum atomic E-state index is -3.90. The van der Waals surface area contributed by atoms with Gasteiger partial charge < -0.3 is 4.74 Å². The van der Waals surface area contributed by atoms with Crippen LogP contribution in [0.3, 0.4) is 0 Å². The molecule has 4 nitrogen and oxygen atoms in total. The maximum atomic E-state index is 12.1. The zero-order valence-electron chi connectivity index (χ0n) is 9.16. The molecule has 0 spiro atoms. The van der Waals surface area contributed by atoms with Crippen LogP contribution in [0.15, 0.2) is 41.3 Å². The highest BCUT2D eigenvalue weighted by molar-refractivity contribution is 7.87. The van der Waals surface area contributed by atoms with E-state index < -0.39 is 16.4 Å². The number of hydrogen-bond acceptors (Lipinski definition) is 4. The van der Waals surface area contributed by atoms with Crippen LogP contribution >= 0.6 is 0 Å². The van der Waals surface area contributed by atoms with Gasteiger partial charge in [0.1, 0.15) is 10.6 Å². The summed E-state index contributed by atoms with van der Waals surface area (Å²) in [5.41, 5.74) is 0. The number of ether oxygens (including phenoxy) is 1. The smallest absolute Gasteiger partial charge is 0.305 e. The van der Waals surface area contributed by atoms with E-state index in [1.54, 1.807) is 24.3 Å². The summed E-state index contributed by atoms with van der Waals surface area (Å²) in [7, 11) is -3.90. The molecule has 0 aliphatic carbocycles. The van der Waals surface area contributed by atoms with Crippen molar-refractivity contribution in [3.05, 3.63) is 36.4 Å². The van der Waals surface area contributed by atoms with Crippen LogP contribution in [0.1, 0.15) is 0 Å². The fraction of sp³-hybridized carbons (Fsp3) is 0.0769. The maximum Gasteiger partial charge on any atom is 0.305 e. The molecule has 1 atom stereocenters. The Hall–Kier alpha value is -2.03. The summed E-state index contributed by atoms with van der Waals surface area (Å²) >= 11 is 0. The van der Waals surface area contributed by atoms with Crippen LogP contribution in [0.5, 0.6) is 5.75 Å². The van der Waals surface area contributed by atoms with Gasteiger partial charge in [-0.2, -0.15) is 8.42 Å². The van der Waals surface area contributed by atoms with E-state index in [-0.39, 0.29) is 10.6 Å². The molecule has 1 unspecified atom stereocenters. The normalized spacial score (nSPS) is 20.7. The summed E-state index contributed by atoms with van der Waals surface area (Å²) < 4.78 is 34.2. The molecule has 0 saturated heterocycles. The predicted molar refractivity (Wildman–Crippen MR) is 65.5 cm³/mol. The first-order valence-electron chi connectivity index (χ1n) is 5.20. The van der Waals surface area contributed by atoms with Crippen LogP contribution in [0.2, 0.25) is 0 Å². The molecule has 5 heteroatoms. The van der Waals surface area contributed by atoms with Crippen molar-refractivity contribution in [1.29, 1.82) is 0 Å². The molecule has 0 N–H and O–H groups in total. The first-order valence-corrected chi connectivity index (χ1v) is 6.60. The average Bonchev–Trinajstić information content (AvgIpc) is 2.37. The Bertz CT molecular complexity index is 771. The molecule has 0 aromatic heterocycles. The van der Waals surface area contributed by atoms with Gasteiger partial charge in [-0.15, -0.1) is 6.42 Å². The molecular weight excluding hydrogens is 252 g/mol. The second-order valence-corrected chi connectivity index (χ2v) is 5.29. The highest BCUT2D eigenvalue weighted by atomic mass is 32.2. The lowest BCUT2D eigenvalue weighted by Gasteiger charge is -2.23. The quantitative estimate of drug-likeness (QED) is 0.536. The maximum absolute atomic E-state index is 12.1. The Morgan fingerprint density at radius 2 is 1.94 bits per heavy atom. The number of fused-ring (bicyclic) bond motifs is 3. The van der Waals surface area contributed by atoms with Gasteiger partial charge in [0.25, 0.3) is 6.29 Å². The third kappa shape index (κ3) is 1.55. The van der Waals surface area contributed by atoms with Crippen molar-refractivity contribution in [3.8, 4) is 18.1 Å². The Morgan fingerprint density at radius 1 is 1.17 bits per heavy atom. The summed E-state index contributed by atoms with van der Waals surface area (Å²) in [5, 5.41) is 1.36. The standard InChI is InChI=1S/C13H8O4S/c1-2-12-16-11-8-7-9-5-3-4-6-10(9)13(11)18(14,15)17-12/h1,3-8,12H. The zero-order valence-corrected chi connectivity index (χ0v) is 9.98. The van der Waals surface area contributed by atoms with E-state index in [1.165, 1.54) is 0 Å². The molecule has 0 amide bonds. The number of terminal acetylenes is 1. The van der Waals surface area contributed by atoms with E-state index in [1.807, 2.05) is 12.1 Å². The highest BCUT2D eigenvalue weighted by Gasteiger charge is 2.33. The van der Waals surface area contributed by atoms with Crippen LogP contribution in [0.4, 0.5) is 0 Å². The molecule has 0 radical (unpaired) electrons. The first-order chi connectivity index (χ1) is 8.62. The Kier molecular flexibility index (Phi) is 2.30. The molecule has 1 heterocycles. The summed E-state index contributed by atoms with van der Waals surface area (Å²) in [6.07, 6.45) is 3.92. The van der Waals surface area contributed by atoms with Gasteiger partial charge in [-0.05, 0) is 17.4 Å². The minimum absolute atomic E-state index is 0.0344. The van der Waals surface area contributed by atoms with Crippen molar-refractivity contribution in [2.24, 2.45) is 0 Å². The Balaban J connectivity index is 2.38. The molecule has 90 valence electrons. The molecule has 1 aliphatic rings. The van der Waals surface area contributed by atoms with Gasteiger partial charge in [0.2, 0.25) is 0 Å². The van der Waals surface area contributed by atoms with Gasteiger partial charge in [0.05, 0.1) is 0 Å². The molecule has 2 aromatic carbocycles. The largest absolute Gasteiger partial charge is 0.451 e. The van der Waals surface area contributed by atoms with Gasteiger partial charge in [0.15, 0.2) is 0 Å². The van der Waals surface area contributed by atoms with Gasteiger partial charge in [0, 0.05) is 5.39 Å². The summed E-state index contributed by atoms with van der Waals surface area (Å²) in [5.74, 6) is 2.35. The third-order valence-electron chi connectivity index (χ3n) is 2.68. The predicted octanol–water partition coefficient (Wildman–Crippen LogP) is 1.90. The topological polar surface area (TPSA) is 52.6 Å². The van der Waals surface area contributed by atoms with Crippen LogP contribution in [-0.4, -0.2) is 14.7 Å². The number of rotatable bonds is 0. The van der Waals surface area contributed by atoms with E-state index in [4.69, 9.17) is 15.3 Å². The number of benzene rings is 2. The van der Waals surface area contributed by atoms with Crippen LogP contribution in [0.25, 0.3) is 10.8 Å². The molecule has 1 aliphatic heterocycles. The second kappa shape index (κ2) is 3.73. The molecule has 2 aromatic rings. The summed E-state index contributed by atoms with van der Waals surface area (Å²) in [6, 6.07) is 10.5. The fourth-order valence-corrected chi connectivity index (χ4v) is 3.17. The second-order valence-electron chi connectivity index (χ2n) is 3.78. The molecule has 0 fully saturated rings. The lowest BCUT2D eigenvalue weighted by molar-refractivity contribution is 0.0473. The third-order valence-corrected chi connectivity index (χ3v) is 4.03.